The third-order valence-electron chi connectivity index (χ3n) is 4.81. The highest BCUT2D eigenvalue weighted by Crippen LogP contribution is 2.24. The van der Waals surface area contributed by atoms with E-state index < -0.39 is 0 Å². The lowest BCUT2D eigenvalue weighted by atomic mass is 9.95. The molecule has 27 heavy (non-hydrogen) atoms. The van der Waals surface area contributed by atoms with Gasteiger partial charge in [-0.05, 0) is 49.2 Å². The summed E-state index contributed by atoms with van der Waals surface area (Å²) >= 11 is 0. The monoisotopic (exact) mass is 370 g/mol. The molecule has 2 aromatic rings. The Kier molecular flexibility index (Phi) is 6.52. The van der Waals surface area contributed by atoms with Crippen LogP contribution in [0.5, 0.6) is 5.75 Å². The zero-order chi connectivity index (χ0) is 19.1. The maximum Gasteiger partial charge on any atom is 0.287 e. The van der Waals surface area contributed by atoms with Gasteiger partial charge in [0.05, 0.1) is 7.11 Å². The van der Waals surface area contributed by atoms with Gasteiger partial charge in [-0.3, -0.25) is 9.59 Å². The number of ether oxygens (including phenoxy) is 1. The van der Waals surface area contributed by atoms with Crippen LogP contribution >= 0.6 is 0 Å². The summed E-state index contributed by atoms with van der Waals surface area (Å²) in [5, 5.41) is 5.78. The predicted octanol–water partition coefficient (Wildman–Crippen LogP) is 3.52. The van der Waals surface area contributed by atoms with E-state index in [1.54, 1.807) is 19.2 Å². The average molecular weight is 370 g/mol. The second kappa shape index (κ2) is 9.26. The predicted molar refractivity (Wildman–Crippen MR) is 103 cm³/mol. The topological polar surface area (TPSA) is 80.6 Å². The summed E-state index contributed by atoms with van der Waals surface area (Å²) in [5.74, 6) is 1.27. The molecule has 1 fully saturated rings. The third-order valence-corrected chi connectivity index (χ3v) is 4.81. The third kappa shape index (κ3) is 5.36. The Labute approximate surface area is 159 Å². The maximum atomic E-state index is 12.2. The Morgan fingerprint density at radius 3 is 2.52 bits per heavy atom. The fourth-order valence-electron chi connectivity index (χ4n) is 3.29. The molecule has 144 valence electrons. The van der Waals surface area contributed by atoms with Gasteiger partial charge >= 0.3 is 0 Å². The Bertz CT molecular complexity index is 761. The van der Waals surface area contributed by atoms with Gasteiger partial charge in [-0.2, -0.15) is 0 Å². The van der Waals surface area contributed by atoms with Gasteiger partial charge < -0.3 is 19.8 Å². The standard InChI is InChI=1S/C21H26N2O4/c1-26-17-9-7-15(8-10-17)18-11-12-19(27-18)21(25)22-14-13-20(24)23-16-5-3-2-4-6-16/h7-12,16H,2-6,13-14H2,1H3,(H,22,25)(H,23,24). The SMILES string of the molecule is COc1ccc(-c2ccc(C(=O)NCCC(=O)NC3CCCCC3)o2)cc1. The molecule has 6 heteroatoms. The number of furan rings is 1. The van der Waals surface area contributed by atoms with Gasteiger partial charge in [0.1, 0.15) is 11.5 Å². The van der Waals surface area contributed by atoms with Gasteiger partial charge in [0.2, 0.25) is 5.91 Å². The van der Waals surface area contributed by atoms with E-state index in [4.69, 9.17) is 9.15 Å². The maximum absolute atomic E-state index is 12.2. The average Bonchev–Trinajstić information content (AvgIpc) is 3.19. The zero-order valence-corrected chi connectivity index (χ0v) is 15.6. The van der Waals surface area contributed by atoms with Crippen LogP contribution in [0.1, 0.15) is 49.1 Å². The van der Waals surface area contributed by atoms with Crippen LogP contribution in [0.4, 0.5) is 0 Å². The van der Waals surface area contributed by atoms with Gasteiger partial charge in [0, 0.05) is 24.6 Å². The fraction of sp³-hybridized carbons (Fsp3) is 0.429. The van der Waals surface area contributed by atoms with Crippen molar-refractivity contribution in [3.63, 3.8) is 0 Å². The first-order chi connectivity index (χ1) is 13.2. The van der Waals surface area contributed by atoms with Crippen molar-refractivity contribution in [1.82, 2.24) is 10.6 Å². The Balaban J connectivity index is 1.45. The van der Waals surface area contributed by atoms with Crippen LogP contribution in [0.2, 0.25) is 0 Å². The summed E-state index contributed by atoms with van der Waals surface area (Å²) in [6.07, 6.45) is 5.99. The van der Waals surface area contributed by atoms with E-state index in [1.165, 1.54) is 19.3 Å². The summed E-state index contributed by atoms with van der Waals surface area (Å²) in [6, 6.07) is 11.1. The molecule has 3 rings (SSSR count). The highest BCUT2D eigenvalue weighted by atomic mass is 16.5. The van der Waals surface area contributed by atoms with Crippen LogP contribution < -0.4 is 15.4 Å². The lowest BCUT2D eigenvalue weighted by Gasteiger charge is -2.22. The summed E-state index contributed by atoms with van der Waals surface area (Å²) in [7, 11) is 1.61. The lowest BCUT2D eigenvalue weighted by Crippen LogP contribution is -2.38. The van der Waals surface area contributed by atoms with Crippen LogP contribution in [0.15, 0.2) is 40.8 Å². The number of amides is 2. The van der Waals surface area contributed by atoms with Crippen LogP contribution in [-0.4, -0.2) is 31.5 Å². The molecule has 6 nitrogen and oxygen atoms in total. The smallest absolute Gasteiger partial charge is 0.287 e. The first-order valence-corrected chi connectivity index (χ1v) is 9.47. The molecule has 2 amide bonds. The highest BCUT2D eigenvalue weighted by Gasteiger charge is 2.16. The number of hydrogen-bond donors (Lipinski definition) is 2. The van der Waals surface area contributed by atoms with Crippen molar-refractivity contribution in [2.45, 2.75) is 44.6 Å². The molecule has 1 saturated carbocycles. The molecule has 1 aromatic carbocycles. The number of nitrogens with one attached hydrogen (secondary N) is 2. The van der Waals surface area contributed by atoms with Crippen LogP contribution in [0.25, 0.3) is 11.3 Å². The molecule has 1 aliphatic carbocycles. The number of hydrogen-bond acceptors (Lipinski definition) is 4. The zero-order valence-electron chi connectivity index (χ0n) is 15.6. The van der Waals surface area contributed by atoms with Crippen LogP contribution in [-0.2, 0) is 4.79 Å². The highest BCUT2D eigenvalue weighted by molar-refractivity contribution is 5.92. The van der Waals surface area contributed by atoms with Crippen molar-refractivity contribution < 1.29 is 18.7 Å². The number of carbonyl (C=O) groups is 2. The van der Waals surface area contributed by atoms with Gasteiger partial charge in [0.15, 0.2) is 5.76 Å². The van der Waals surface area contributed by atoms with Crippen molar-refractivity contribution in [2.24, 2.45) is 0 Å². The number of benzene rings is 1. The molecule has 2 N–H and O–H groups in total. The van der Waals surface area contributed by atoms with E-state index >= 15 is 0 Å². The lowest BCUT2D eigenvalue weighted by molar-refractivity contribution is -0.121. The van der Waals surface area contributed by atoms with E-state index in [-0.39, 0.29) is 30.5 Å². The van der Waals surface area contributed by atoms with Crippen molar-refractivity contribution >= 4 is 11.8 Å². The molecule has 1 heterocycles. The van der Waals surface area contributed by atoms with E-state index in [9.17, 15) is 9.59 Å². The summed E-state index contributed by atoms with van der Waals surface area (Å²) in [5.41, 5.74) is 0.863. The summed E-state index contributed by atoms with van der Waals surface area (Å²) in [6.45, 7) is 0.288. The van der Waals surface area contributed by atoms with Gasteiger partial charge in [0.25, 0.3) is 5.91 Å². The normalized spacial score (nSPS) is 14.6. The second-order valence-electron chi connectivity index (χ2n) is 6.80. The number of carbonyl (C=O) groups excluding carboxylic acids is 2. The molecule has 0 aliphatic heterocycles. The minimum Gasteiger partial charge on any atom is -0.497 e. The Hall–Kier alpha value is -2.76. The minimum atomic E-state index is -0.319. The molecule has 0 bridgehead atoms. The molecule has 0 radical (unpaired) electrons. The Morgan fingerprint density at radius 1 is 1.07 bits per heavy atom. The molecular formula is C21H26N2O4. The molecular weight excluding hydrogens is 344 g/mol. The molecule has 0 saturated heterocycles. The largest absolute Gasteiger partial charge is 0.497 e. The van der Waals surface area contributed by atoms with Crippen LogP contribution in [0.3, 0.4) is 0 Å². The van der Waals surface area contributed by atoms with E-state index in [0.29, 0.717) is 11.8 Å². The van der Waals surface area contributed by atoms with Crippen LogP contribution in [0, 0.1) is 0 Å². The molecule has 0 spiro atoms. The fourth-order valence-corrected chi connectivity index (χ4v) is 3.29. The first kappa shape index (κ1) is 19.0. The first-order valence-electron chi connectivity index (χ1n) is 9.47. The second-order valence-corrected chi connectivity index (χ2v) is 6.80. The number of methoxy groups -OCH3 is 1. The summed E-state index contributed by atoms with van der Waals surface area (Å²) < 4.78 is 10.8. The Morgan fingerprint density at radius 2 is 1.81 bits per heavy atom. The van der Waals surface area contributed by atoms with Gasteiger partial charge in [-0.25, -0.2) is 0 Å². The molecule has 0 unspecified atom stereocenters. The van der Waals surface area contributed by atoms with Gasteiger partial charge in [-0.1, -0.05) is 19.3 Å². The molecule has 1 aliphatic rings. The van der Waals surface area contributed by atoms with Crippen molar-refractivity contribution in [2.75, 3.05) is 13.7 Å². The quantitative estimate of drug-likeness (QED) is 0.781. The van der Waals surface area contributed by atoms with Crippen molar-refractivity contribution in [1.29, 1.82) is 0 Å². The van der Waals surface area contributed by atoms with Crippen molar-refractivity contribution in [3.05, 3.63) is 42.2 Å². The van der Waals surface area contributed by atoms with E-state index in [1.807, 2.05) is 24.3 Å². The number of rotatable bonds is 7. The van der Waals surface area contributed by atoms with E-state index in [0.717, 1.165) is 24.2 Å². The van der Waals surface area contributed by atoms with E-state index in [2.05, 4.69) is 10.6 Å². The van der Waals surface area contributed by atoms with Gasteiger partial charge in [-0.15, -0.1) is 0 Å². The van der Waals surface area contributed by atoms with Crippen molar-refractivity contribution in [3.8, 4) is 17.1 Å². The minimum absolute atomic E-state index is 0.0134. The molecule has 0 atom stereocenters. The summed E-state index contributed by atoms with van der Waals surface area (Å²) in [4.78, 5) is 24.2. The molecule has 1 aromatic heterocycles.